The maximum absolute atomic E-state index is 13.1. The highest BCUT2D eigenvalue weighted by Gasteiger charge is 2.05. The maximum atomic E-state index is 13.1. The number of hydrogen-bond acceptors (Lipinski definition) is 2. The van der Waals surface area contributed by atoms with Gasteiger partial charge in [-0.2, -0.15) is 0 Å². The second-order valence-corrected chi connectivity index (χ2v) is 3.28. The highest BCUT2D eigenvalue weighted by molar-refractivity contribution is 5.76. The van der Waals surface area contributed by atoms with E-state index < -0.39 is 0 Å². The van der Waals surface area contributed by atoms with Gasteiger partial charge in [0.15, 0.2) is 0 Å². The van der Waals surface area contributed by atoms with Crippen LogP contribution >= 0.6 is 0 Å². The van der Waals surface area contributed by atoms with E-state index in [9.17, 15) is 4.39 Å². The first-order valence-corrected chi connectivity index (χ1v) is 4.46. The lowest BCUT2D eigenvalue weighted by Gasteiger charge is -1.93. The molecule has 1 heterocycles. The van der Waals surface area contributed by atoms with Gasteiger partial charge >= 0.3 is 0 Å². The predicted octanol–water partition coefficient (Wildman–Crippen LogP) is 1.55. The Morgan fingerprint density at radius 2 is 2.29 bits per heavy atom. The summed E-state index contributed by atoms with van der Waals surface area (Å²) in [4.78, 5) is 7.18. The van der Waals surface area contributed by atoms with E-state index in [0.29, 0.717) is 23.3 Å². The van der Waals surface area contributed by atoms with Gasteiger partial charge in [-0.1, -0.05) is 0 Å². The fourth-order valence-electron chi connectivity index (χ4n) is 1.42. The molecule has 1 aromatic heterocycles. The number of hydrogen-bond donors (Lipinski definition) is 2. The summed E-state index contributed by atoms with van der Waals surface area (Å²) in [6, 6.07) is 3.13. The number of aromatic amines is 1. The van der Waals surface area contributed by atoms with Crippen molar-refractivity contribution in [3.8, 4) is 0 Å². The number of H-pyrrole nitrogens is 1. The zero-order valence-corrected chi connectivity index (χ0v) is 7.84. The standard InChI is InChI=1S/C10H11FN2O/c1-6-4-8-9(5-7(6)11)13-10(12-8)2-3-14/h4-5,14H,2-3H2,1H3,(H,12,13). The molecule has 0 saturated heterocycles. The van der Waals surface area contributed by atoms with Gasteiger partial charge in [0.2, 0.25) is 0 Å². The average molecular weight is 194 g/mol. The van der Waals surface area contributed by atoms with Crippen LogP contribution in [0.1, 0.15) is 11.4 Å². The Kier molecular flexibility index (Phi) is 2.21. The lowest BCUT2D eigenvalue weighted by molar-refractivity contribution is 0.297. The van der Waals surface area contributed by atoms with Crippen LogP contribution in [0.3, 0.4) is 0 Å². The number of nitrogens with one attached hydrogen (secondary N) is 1. The third kappa shape index (κ3) is 1.48. The molecule has 0 bridgehead atoms. The van der Waals surface area contributed by atoms with Gasteiger partial charge in [0.1, 0.15) is 11.6 Å². The molecule has 14 heavy (non-hydrogen) atoms. The first-order valence-electron chi connectivity index (χ1n) is 4.46. The third-order valence-electron chi connectivity index (χ3n) is 2.16. The van der Waals surface area contributed by atoms with Crippen molar-refractivity contribution in [1.29, 1.82) is 0 Å². The lowest BCUT2D eigenvalue weighted by atomic mass is 10.2. The monoisotopic (exact) mass is 194 g/mol. The van der Waals surface area contributed by atoms with Crippen LogP contribution in [-0.4, -0.2) is 21.7 Å². The van der Waals surface area contributed by atoms with E-state index in [1.807, 2.05) is 0 Å². The Bertz CT molecular complexity index is 425. The van der Waals surface area contributed by atoms with Gasteiger partial charge in [-0.25, -0.2) is 9.37 Å². The minimum Gasteiger partial charge on any atom is -0.396 e. The number of benzene rings is 1. The minimum absolute atomic E-state index is 0.0429. The number of fused-ring (bicyclic) bond motifs is 1. The second-order valence-electron chi connectivity index (χ2n) is 3.28. The van der Waals surface area contributed by atoms with E-state index in [1.54, 1.807) is 13.0 Å². The fraction of sp³-hybridized carbons (Fsp3) is 0.300. The summed E-state index contributed by atoms with van der Waals surface area (Å²) in [5.74, 6) is 0.437. The summed E-state index contributed by atoms with van der Waals surface area (Å²) in [5, 5.41) is 8.72. The SMILES string of the molecule is Cc1cc2[nH]c(CCO)nc2cc1F. The number of aromatic nitrogens is 2. The number of aryl methyl sites for hydroxylation is 1. The molecule has 0 aliphatic rings. The van der Waals surface area contributed by atoms with Crippen molar-refractivity contribution in [2.45, 2.75) is 13.3 Å². The molecule has 2 aromatic rings. The molecular weight excluding hydrogens is 183 g/mol. The van der Waals surface area contributed by atoms with Gasteiger partial charge in [0.05, 0.1) is 17.6 Å². The van der Waals surface area contributed by atoms with E-state index in [0.717, 1.165) is 5.52 Å². The summed E-state index contributed by atoms with van der Waals surface area (Å²) in [6.45, 7) is 1.75. The molecule has 0 spiro atoms. The van der Waals surface area contributed by atoms with Crippen LogP contribution in [0, 0.1) is 12.7 Å². The number of imidazole rings is 1. The maximum Gasteiger partial charge on any atom is 0.128 e. The van der Waals surface area contributed by atoms with Crippen molar-refractivity contribution in [2.24, 2.45) is 0 Å². The Balaban J connectivity index is 2.54. The quantitative estimate of drug-likeness (QED) is 0.761. The minimum atomic E-state index is -0.250. The average Bonchev–Trinajstić information content (AvgIpc) is 2.48. The Labute approximate surface area is 80.6 Å². The molecule has 0 atom stereocenters. The number of rotatable bonds is 2. The topological polar surface area (TPSA) is 48.9 Å². The van der Waals surface area contributed by atoms with E-state index >= 15 is 0 Å². The number of nitrogens with zero attached hydrogens (tertiary/aromatic N) is 1. The van der Waals surface area contributed by atoms with Crippen LogP contribution < -0.4 is 0 Å². The van der Waals surface area contributed by atoms with Gasteiger partial charge in [0.25, 0.3) is 0 Å². The van der Waals surface area contributed by atoms with Gasteiger partial charge in [-0.15, -0.1) is 0 Å². The summed E-state index contributed by atoms with van der Waals surface area (Å²) < 4.78 is 13.1. The zero-order chi connectivity index (χ0) is 10.1. The van der Waals surface area contributed by atoms with E-state index in [1.165, 1.54) is 6.07 Å². The molecule has 0 amide bonds. The van der Waals surface area contributed by atoms with Crippen LogP contribution in [0.15, 0.2) is 12.1 Å². The Morgan fingerprint density at radius 1 is 1.50 bits per heavy atom. The summed E-state index contributed by atoms with van der Waals surface area (Å²) in [5.41, 5.74) is 2.01. The summed E-state index contributed by atoms with van der Waals surface area (Å²) in [6.07, 6.45) is 0.468. The fourth-order valence-corrected chi connectivity index (χ4v) is 1.42. The number of aliphatic hydroxyl groups excluding tert-OH is 1. The van der Waals surface area contributed by atoms with E-state index in [4.69, 9.17) is 5.11 Å². The van der Waals surface area contributed by atoms with E-state index in [-0.39, 0.29) is 12.4 Å². The van der Waals surface area contributed by atoms with Gasteiger partial charge in [0, 0.05) is 12.5 Å². The van der Waals surface area contributed by atoms with Crippen molar-refractivity contribution in [2.75, 3.05) is 6.61 Å². The van der Waals surface area contributed by atoms with Crippen molar-refractivity contribution in [3.63, 3.8) is 0 Å². The smallest absolute Gasteiger partial charge is 0.128 e. The molecule has 2 N–H and O–H groups in total. The lowest BCUT2D eigenvalue weighted by Crippen LogP contribution is -1.91. The molecule has 74 valence electrons. The molecule has 0 aliphatic heterocycles. The molecule has 0 saturated carbocycles. The van der Waals surface area contributed by atoms with Crippen molar-refractivity contribution >= 4 is 11.0 Å². The molecular formula is C10H11FN2O. The number of halogens is 1. The van der Waals surface area contributed by atoms with Crippen LogP contribution in [-0.2, 0) is 6.42 Å². The summed E-state index contributed by atoms with van der Waals surface area (Å²) >= 11 is 0. The van der Waals surface area contributed by atoms with Crippen molar-refractivity contribution in [3.05, 3.63) is 29.3 Å². The largest absolute Gasteiger partial charge is 0.396 e. The molecule has 0 aliphatic carbocycles. The zero-order valence-electron chi connectivity index (χ0n) is 7.84. The van der Waals surface area contributed by atoms with Crippen molar-refractivity contribution in [1.82, 2.24) is 9.97 Å². The van der Waals surface area contributed by atoms with Crippen LogP contribution in [0.2, 0.25) is 0 Å². The Morgan fingerprint density at radius 3 is 3.00 bits per heavy atom. The molecule has 2 rings (SSSR count). The summed E-state index contributed by atoms with van der Waals surface area (Å²) in [7, 11) is 0. The first kappa shape index (κ1) is 9.15. The van der Waals surface area contributed by atoms with Gasteiger partial charge in [-0.05, 0) is 18.6 Å². The van der Waals surface area contributed by atoms with Gasteiger partial charge < -0.3 is 10.1 Å². The normalized spacial score (nSPS) is 11.1. The molecule has 0 fully saturated rings. The highest BCUT2D eigenvalue weighted by atomic mass is 19.1. The third-order valence-corrected chi connectivity index (χ3v) is 2.16. The van der Waals surface area contributed by atoms with Crippen LogP contribution in [0.4, 0.5) is 4.39 Å². The molecule has 1 aromatic carbocycles. The van der Waals surface area contributed by atoms with E-state index in [2.05, 4.69) is 9.97 Å². The molecule has 0 radical (unpaired) electrons. The number of aliphatic hydroxyl groups is 1. The highest BCUT2D eigenvalue weighted by Crippen LogP contribution is 2.16. The Hall–Kier alpha value is -1.42. The van der Waals surface area contributed by atoms with Crippen LogP contribution in [0.25, 0.3) is 11.0 Å². The second kappa shape index (κ2) is 3.38. The molecule has 0 unspecified atom stereocenters. The van der Waals surface area contributed by atoms with Crippen molar-refractivity contribution < 1.29 is 9.50 Å². The first-order chi connectivity index (χ1) is 6.70. The predicted molar refractivity (Wildman–Crippen MR) is 51.6 cm³/mol. The molecule has 3 nitrogen and oxygen atoms in total. The van der Waals surface area contributed by atoms with Gasteiger partial charge in [-0.3, -0.25) is 0 Å². The van der Waals surface area contributed by atoms with Crippen LogP contribution in [0.5, 0.6) is 0 Å². The molecule has 4 heteroatoms.